The van der Waals surface area contributed by atoms with Crippen molar-refractivity contribution in [3.05, 3.63) is 22.3 Å². The van der Waals surface area contributed by atoms with Crippen molar-refractivity contribution in [2.75, 3.05) is 5.32 Å². The fourth-order valence-corrected chi connectivity index (χ4v) is 2.31. The number of hydrogen-bond acceptors (Lipinski definition) is 3. The summed E-state index contributed by atoms with van der Waals surface area (Å²) in [6.07, 6.45) is 4.00. The summed E-state index contributed by atoms with van der Waals surface area (Å²) in [5, 5.41) is 13.2. The van der Waals surface area contributed by atoms with Gasteiger partial charge < -0.3 is 10.4 Å². The molecule has 0 aromatic carbocycles. The van der Waals surface area contributed by atoms with Crippen molar-refractivity contribution in [2.45, 2.75) is 44.8 Å². The number of anilines is 1. The van der Waals surface area contributed by atoms with E-state index in [1.165, 1.54) is 6.42 Å². The van der Waals surface area contributed by atoms with Gasteiger partial charge in [-0.2, -0.15) is 0 Å². The molecule has 1 aromatic rings. The largest absolute Gasteiger partial charge is 0.391 e. The van der Waals surface area contributed by atoms with Gasteiger partial charge in [0.2, 0.25) is 0 Å². The number of nitrogens with zero attached hydrogens (tertiary/aromatic N) is 1. The molecule has 4 heteroatoms. The van der Waals surface area contributed by atoms with Gasteiger partial charge in [-0.15, -0.1) is 0 Å². The summed E-state index contributed by atoms with van der Waals surface area (Å²) in [5.74, 6) is 0.853. The van der Waals surface area contributed by atoms with Crippen molar-refractivity contribution in [1.29, 1.82) is 0 Å². The molecule has 0 aliphatic heterocycles. The lowest BCUT2D eigenvalue weighted by Crippen LogP contribution is -2.36. The van der Waals surface area contributed by atoms with Gasteiger partial charge in [-0.3, -0.25) is 0 Å². The number of aliphatic hydroxyl groups is 1. The van der Waals surface area contributed by atoms with Crippen molar-refractivity contribution >= 4 is 21.7 Å². The highest BCUT2D eigenvalue weighted by Crippen LogP contribution is 2.23. The van der Waals surface area contributed by atoms with E-state index in [0.29, 0.717) is 0 Å². The molecule has 88 valence electrons. The third-order valence-electron chi connectivity index (χ3n) is 3.08. The maximum atomic E-state index is 9.85. The molecule has 0 unspecified atom stereocenters. The number of aryl methyl sites for hydroxylation is 1. The van der Waals surface area contributed by atoms with Gasteiger partial charge in [-0.25, -0.2) is 4.98 Å². The number of rotatable bonds is 2. The Morgan fingerprint density at radius 1 is 1.38 bits per heavy atom. The molecular weight excluding hydrogens is 268 g/mol. The Kier molecular flexibility index (Phi) is 3.82. The SMILES string of the molecule is Cc1nc(N[C@H]2CCCC[C@@H]2O)ccc1Br. The van der Waals surface area contributed by atoms with Crippen LogP contribution in [0.3, 0.4) is 0 Å². The average molecular weight is 285 g/mol. The fourth-order valence-electron chi connectivity index (χ4n) is 2.09. The molecule has 1 aliphatic carbocycles. The number of hydrogen-bond donors (Lipinski definition) is 2. The van der Waals surface area contributed by atoms with Gasteiger partial charge in [0.25, 0.3) is 0 Å². The third kappa shape index (κ3) is 2.74. The Morgan fingerprint density at radius 3 is 2.81 bits per heavy atom. The first-order chi connectivity index (χ1) is 7.66. The zero-order valence-corrected chi connectivity index (χ0v) is 11.0. The Balaban J connectivity index is 2.05. The third-order valence-corrected chi connectivity index (χ3v) is 3.92. The highest BCUT2D eigenvalue weighted by atomic mass is 79.9. The van der Waals surface area contributed by atoms with E-state index in [1.54, 1.807) is 0 Å². The number of aliphatic hydroxyl groups excluding tert-OH is 1. The quantitative estimate of drug-likeness (QED) is 0.878. The van der Waals surface area contributed by atoms with E-state index >= 15 is 0 Å². The Morgan fingerprint density at radius 2 is 2.12 bits per heavy atom. The Labute approximate surface area is 104 Å². The van der Waals surface area contributed by atoms with Crippen LogP contribution in [0.15, 0.2) is 16.6 Å². The predicted octanol–water partition coefficient (Wildman–Crippen LogP) is 2.87. The van der Waals surface area contributed by atoms with Gasteiger partial charge in [0, 0.05) is 4.47 Å². The topological polar surface area (TPSA) is 45.2 Å². The zero-order chi connectivity index (χ0) is 11.5. The van der Waals surface area contributed by atoms with Crippen LogP contribution in [0.25, 0.3) is 0 Å². The van der Waals surface area contributed by atoms with Gasteiger partial charge in [-0.05, 0) is 47.8 Å². The van der Waals surface area contributed by atoms with Crippen LogP contribution in [0.2, 0.25) is 0 Å². The minimum absolute atomic E-state index is 0.154. The summed E-state index contributed by atoms with van der Waals surface area (Å²) < 4.78 is 1.02. The summed E-state index contributed by atoms with van der Waals surface area (Å²) in [7, 11) is 0. The van der Waals surface area contributed by atoms with Crippen molar-refractivity contribution < 1.29 is 5.11 Å². The van der Waals surface area contributed by atoms with Crippen LogP contribution < -0.4 is 5.32 Å². The molecule has 1 heterocycles. The number of aromatic nitrogens is 1. The van der Waals surface area contributed by atoms with Crippen LogP contribution in [0.5, 0.6) is 0 Å². The molecule has 2 atom stereocenters. The minimum atomic E-state index is -0.237. The maximum Gasteiger partial charge on any atom is 0.126 e. The molecule has 0 amide bonds. The van der Waals surface area contributed by atoms with Crippen molar-refractivity contribution in [3.63, 3.8) is 0 Å². The molecule has 1 fully saturated rings. The van der Waals surface area contributed by atoms with Crippen LogP contribution in [0.4, 0.5) is 5.82 Å². The lowest BCUT2D eigenvalue weighted by atomic mass is 9.92. The standard InChI is InChI=1S/C12H17BrN2O/c1-8-9(13)6-7-12(14-8)15-10-4-2-3-5-11(10)16/h6-7,10-11,16H,2-5H2,1H3,(H,14,15)/t10-,11-/m0/s1. The van der Waals surface area contributed by atoms with Crippen molar-refractivity contribution in [1.82, 2.24) is 4.98 Å². The van der Waals surface area contributed by atoms with E-state index in [-0.39, 0.29) is 12.1 Å². The summed E-state index contributed by atoms with van der Waals surface area (Å²) >= 11 is 3.43. The average Bonchev–Trinajstić information content (AvgIpc) is 2.27. The second kappa shape index (κ2) is 5.15. The second-order valence-corrected chi connectivity index (χ2v) is 5.22. The highest BCUT2D eigenvalue weighted by molar-refractivity contribution is 9.10. The predicted molar refractivity (Wildman–Crippen MR) is 68.6 cm³/mol. The molecule has 1 aliphatic rings. The number of pyridine rings is 1. The van der Waals surface area contributed by atoms with E-state index in [4.69, 9.17) is 0 Å². The Bertz CT molecular complexity index is 370. The highest BCUT2D eigenvalue weighted by Gasteiger charge is 2.22. The van der Waals surface area contributed by atoms with Gasteiger partial charge in [0.05, 0.1) is 17.8 Å². The smallest absolute Gasteiger partial charge is 0.126 e. The van der Waals surface area contributed by atoms with Crippen molar-refractivity contribution in [3.8, 4) is 0 Å². The second-order valence-electron chi connectivity index (χ2n) is 4.37. The molecule has 0 radical (unpaired) electrons. The van der Waals surface area contributed by atoms with Crippen LogP contribution in [-0.4, -0.2) is 22.2 Å². The first kappa shape index (κ1) is 11.9. The number of nitrogens with one attached hydrogen (secondary N) is 1. The van der Waals surface area contributed by atoms with E-state index in [9.17, 15) is 5.11 Å². The maximum absolute atomic E-state index is 9.85. The summed E-state index contributed by atoms with van der Waals surface area (Å²) in [4.78, 5) is 4.43. The van der Waals surface area contributed by atoms with Gasteiger partial charge in [-0.1, -0.05) is 12.8 Å². The van der Waals surface area contributed by atoms with Gasteiger partial charge >= 0.3 is 0 Å². The Hall–Kier alpha value is -0.610. The fraction of sp³-hybridized carbons (Fsp3) is 0.583. The first-order valence-corrected chi connectivity index (χ1v) is 6.54. The van der Waals surface area contributed by atoms with E-state index < -0.39 is 0 Å². The summed E-state index contributed by atoms with van der Waals surface area (Å²) in [5.41, 5.74) is 0.968. The molecule has 0 spiro atoms. The molecule has 0 saturated heterocycles. The van der Waals surface area contributed by atoms with E-state index in [0.717, 1.165) is 35.2 Å². The van der Waals surface area contributed by atoms with Crippen LogP contribution in [0.1, 0.15) is 31.4 Å². The summed E-state index contributed by atoms with van der Waals surface area (Å²) in [6, 6.07) is 4.08. The van der Waals surface area contributed by atoms with Gasteiger partial charge in [0.1, 0.15) is 5.82 Å². The van der Waals surface area contributed by atoms with Crippen LogP contribution in [-0.2, 0) is 0 Å². The molecular formula is C12H17BrN2O. The monoisotopic (exact) mass is 284 g/mol. The normalized spacial score (nSPS) is 25.4. The van der Waals surface area contributed by atoms with Crippen molar-refractivity contribution in [2.24, 2.45) is 0 Å². The lowest BCUT2D eigenvalue weighted by molar-refractivity contribution is 0.116. The lowest BCUT2D eigenvalue weighted by Gasteiger charge is -2.28. The molecule has 0 bridgehead atoms. The van der Waals surface area contributed by atoms with Crippen LogP contribution >= 0.6 is 15.9 Å². The van der Waals surface area contributed by atoms with E-state index in [2.05, 4.69) is 26.2 Å². The summed E-state index contributed by atoms with van der Waals surface area (Å²) in [6.45, 7) is 1.96. The van der Waals surface area contributed by atoms with Gasteiger partial charge in [0.15, 0.2) is 0 Å². The molecule has 1 aromatic heterocycles. The molecule has 2 N–H and O–H groups in total. The minimum Gasteiger partial charge on any atom is -0.391 e. The molecule has 3 nitrogen and oxygen atoms in total. The van der Waals surface area contributed by atoms with Crippen LogP contribution in [0, 0.1) is 6.92 Å². The molecule has 16 heavy (non-hydrogen) atoms. The zero-order valence-electron chi connectivity index (χ0n) is 9.41. The first-order valence-electron chi connectivity index (χ1n) is 5.74. The molecule has 2 rings (SSSR count). The molecule has 1 saturated carbocycles. The van der Waals surface area contributed by atoms with E-state index in [1.807, 2.05) is 19.1 Å². The number of halogens is 1.